The molecule has 5 heteroatoms. The minimum Gasteiger partial charge on any atom is -0.346 e. The van der Waals surface area contributed by atoms with Crippen molar-refractivity contribution in [3.05, 3.63) is 47.1 Å². The van der Waals surface area contributed by atoms with Crippen LogP contribution in [0.15, 0.2) is 36.4 Å². The fraction of sp³-hybridized carbons (Fsp3) is 0.450. The van der Waals surface area contributed by atoms with E-state index in [4.69, 9.17) is 11.6 Å². The molecule has 1 aromatic heterocycles. The molecule has 1 N–H and O–H groups in total. The Morgan fingerprint density at radius 2 is 1.80 bits per heavy atom. The number of aromatic nitrogens is 1. The first-order valence-corrected chi connectivity index (χ1v) is 9.39. The molecule has 4 nitrogen and oxygen atoms in total. The third kappa shape index (κ3) is 2.98. The highest BCUT2D eigenvalue weighted by Crippen LogP contribution is 2.32. The number of halogens is 1. The van der Waals surface area contributed by atoms with Crippen molar-refractivity contribution in [2.75, 3.05) is 13.1 Å². The number of nitrogens with zero attached hydrogens (tertiary/aromatic N) is 2. The molecule has 3 fully saturated rings. The summed E-state index contributed by atoms with van der Waals surface area (Å²) >= 11 is 5.97. The van der Waals surface area contributed by atoms with E-state index in [2.05, 4.69) is 17.1 Å². The smallest absolute Gasteiger partial charge is 0.268 e. The fourth-order valence-corrected chi connectivity index (χ4v) is 4.55. The van der Waals surface area contributed by atoms with E-state index in [-0.39, 0.29) is 11.9 Å². The molecule has 2 aromatic rings. The number of rotatable bonds is 3. The van der Waals surface area contributed by atoms with Gasteiger partial charge in [-0.2, -0.15) is 0 Å². The van der Waals surface area contributed by atoms with Gasteiger partial charge in [-0.05, 0) is 68.6 Å². The van der Waals surface area contributed by atoms with Gasteiger partial charge in [-0.3, -0.25) is 9.69 Å². The standard InChI is InChI=1S/C20H24ClN3O/c1-13-19(15-9-11-24(13)12-10-15)22-20(25)18-8-7-17(23(18)2)14-3-5-16(21)6-4-14/h3-8,13,15,19H,9-12H2,1-2H3,(H,22,25)/t13-,19-/m0/s1. The van der Waals surface area contributed by atoms with E-state index in [1.54, 1.807) is 0 Å². The van der Waals surface area contributed by atoms with E-state index in [9.17, 15) is 4.79 Å². The molecule has 0 saturated carbocycles. The number of fused-ring (bicyclic) bond motifs is 3. The molecular weight excluding hydrogens is 334 g/mol. The van der Waals surface area contributed by atoms with E-state index < -0.39 is 0 Å². The second-order valence-electron chi connectivity index (χ2n) is 7.28. The van der Waals surface area contributed by atoms with E-state index in [0.29, 0.717) is 22.7 Å². The Labute approximate surface area is 153 Å². The molecule has 1 amide bonds. The van der Waals surface area contributed by atoms with Gasteiger partial charge in [0, 0.05) is 29.8 Å². The molecule has 5 rings (SSSR count). The Hall–Kier alpha value is -1.78. The van der Waals surface area contributed by atoms with Gasteiger partial charge in [-0.15, -0.1) is 0 Å². The van der Waals surface area contributed by atoms with Crippen LogP contribution in [0.1, 0.15) is 30.3 Å². The lowest BCUT2D eigenvalue weighted by Crippen LogP contribution is -2.62. The first-order valence-electron chi connectivity index (χ1n) is 9.01. The van der Waals surface area contributed by atoms with Gasteiger partial charge in [0.2, 0.25) is 0 Å². The van der Waals surface area contributed by atoms with Gasteiger partial charge in [0.15, 0.2) is 0 Å². The third-order valence-corrected chi connectivity index (χ3v) is 6.22. The number of carbonyl (C=O) groups is 1. The average molecular weight is 358 g/mol. The molecule has 0 unspecified atom stereocenters. The van der Waals surface area contributed by atoms with Crippen LogP contribution < -0.4 is 5.32 Å². The van der Waals surface area contributed by atoms with Gasteiger partial charge in [0.25, 0.3) is 5.91 Å². The zero-order chi connectivity index (χ0) is 17.6. The predicted octanol–water partition coefficient (Wildman–Crippen LogP) is 3.56. The second-order valence-corrected chi connectivity index (χ2v) is 7.72. The summed E-state index contributed by atoms with van der Waals surface area (Å²) < 4.78 is 1.96. The largest absolute Gasteiger partial charge is 0.346 e. The molecule has 3 saturated heterocycles. The van der Waals surface area contributed by atoms with Gasteiger partial charge in [0.1, 0.15) is 5.69 Å². The van der Waals surface area contributed by atoms with Crippen LogP contribution in [0.5, 0.6) is 0 Å². The zero-order valence-corrected chi connectivity index (χ0v) is 15.5. The summed E-state index contributed by atoms with van der Waals surface area (Å²) in [4.78, 5) is 15.4. The zero-order valence-electron chi connectivity index (χ0n) is 14.7. The molecule has 2 bridgehead atoms. The van der Waals surface area contributed by atoms with E-state index in [1.807, 2.05) is 48.0 Å². The summed E-state index contributed by atoms with van der Waals surface area (Å²) in [5.74, 6) is 0.633. The highest BCUT2D eigenvalue weighted by atomic mass is 35.5. The predicted molar refractivity (Wildman–Crippen MR) is 101 cm³/mol. The summed E-state index contributed by atoms with van der Waals surface area (Å²) in [5.41, 5.74) is 2.78. The maximum atomic E-state index is 12.9. The molecule has 132 valence electrons. The summed E-state index contributed by atoms with van der Waals surface area (Å²) in [6, 6.07) is 12.3. The fourth-order valence-electron chi connectivity index (χ4n) is 4.42. The molecule has 25 heavy (non-hydrogen) atoms. The normalized spacial score (nSPS) is 28.1. The first-order chi connectivity index (χ1) is 12.0. The summed E-state index contributed by atoms with van der Waals surface area (Å²) in [7, 11) is 1.94. The van der Waals surface area contributed by atoms with Crippen LogP contribution in [0.2, 0.25) is 5.02 Å². The van der Waals surface area contributed by atoms with Gasteiger partial charge >= 0.3 is 0 Å². The molecule has 4 heterocycles. The molecule has 3 aliphatic heterocycles. The van der Waals surface area contributed by atoms with E-state index in [0.717, 1.165) is 11.3 Å². The van der Waals surface area contributed by atoms with Crippen molar-refractivity contribution in [2.24, 2.45) is 13.0 Å². The number of nitrogens with one attached hydrogen (secondary N) is 1. The quantitative estimate of drug-likeness (QED) is 0.912. The van der Waals surface area contributed by atoms with Gasteiger partial charge in [-0.25, -0.2) is 0 Å². The third-order valence-electron chi connectivity index (χ3n) is 5.97. The molecule has 2 atom stereocenters. The van der Waals surface area contributed by atoms with Crippen LogP contribution >= 0.6 is 11.6 Å². The van der Waals surface area contributed by atoms with Crippen LogP contribution in [-0.2, 0) is 7.05 Å². The van der Waals surface area contributed by atoms with Crippen LogP contribution in [-0.4, -0.2) is 40.5 Å². The Morgan fingerprint density at radius 3 is 2.44 bits per heavy atom. The van der Waals surface area contributed by atoms with E-state index >= 15 is 0 Å². The van der Waals surface area contributed by atoms with Crippen molar-refractivity contribution in [1.29, 1.82) is 0 Å². The molecule has 3 aliphatic rings. The lowest BCUT2D eigenvalue weighted by Gasteiger charge is -2.49. The summed E-state index contributed by atoms with van der Waals surface area (Å²) in [5, 5.41) is 4.02. The van der Waals surface area contributed by atoms with Crippen LogP contribution in [0.25, 0.3) is 11.3 Å². The Balaban J connectivity index is 1.54. The summed E-state index contributed by atoms with van der Waals surface area (Å²) in [6.07, 6.45) is 2.39. The van der Waals surface area contributed by atoms with Crippen LogP contribution in [0, 0.1) is 5.92 Å². The van der Waals surface area contributed by atoms with Gasteiger partial charge in [0.05, 0.1) is 0 Å². The number of piperidine rings is 3. The molecule has 1 aromatic carbocycles. The van der Waals surface area contributed by atoms with Crippen LogP contribution in [0.3, 0.4) is 0 Å². The minimum atomic E-state index is 0.0216. The number of hydrogen-bond donors (Lipinski definition) is 1. The minimum absolute atomic E-state index is 0.0216. The molecule has 0 radical (unpaired) electrons. The Morgan fingerprint density at radius 1 is 1.12 bits per heavy atom. The number of benzene rings is 1. The van der Waals surface area contributed by atoms with Crippen LogP contribution in [0.4, 0.5) is 0 Å². The van der Waals surface area contributed by atoms with Gasteiger partial charge < -0.3 is 9.88 Å². The molecule has 0 aliphatic carbocycles. The Bertz CT molecular complexity index is 773. The lowest BCUT2D eigenvalue weighted by atomic mass is 9.79. The topological polar surface area (TPSA) is 37.3 Å². The van der Waals surface area contributed by atoms with Gasteiger partial charge in [-0.1, -0.05) is 23.7 Å². The SMILES string of the molecule is C[C@H]1[C@H](NC(=O)c2ccc(-c3ccc(Cl)cc3)n2C)C2CCN1CC2. The molecular formula is C20H24ClN3O. The maximum Gasteiger partial charge on any atom is 0.268 e. The number of amides is 1. The Kier molecular flexibility index (Phi) is 4.34. The van der Waals surface area contributed by atoms with Crippen molar-refractivity contribution >= 4 is 17.5 Å². The highest BCUT2D eigenvalue weighted by molar-refractivity contribution is 6.30. The summed E-state index contributed by atoms with van der Waals surface area (Å²) in [6.45, 7) is 4.58. The van der Waals surface area contributed by atoms with Crippen molar-refractivity contribution in [3.8, 4) is 11.3 Å². The van der Waals surface area contributed by atoms with Crippen molar-refractivity contribution in [3.63, 3.8) is 0 Å². The first kappa shape index (κ1) is 16.7. The van der Waals surface area contributed by atoms with Crippen molar-refractivity contribution in [2.45, 2.75) is 31.8 Å². The second kappa shape index (κ2) is 6.50. The highest BCUT2D eigenvalue weighted by Gasteiger charge is 2.40. The number of carbonyl (C=O) groups excluding carboxylic acids is 1. The maximum absolute atomic E-state index is 12.9. The van der Waals surface area contributed by atoms with E-state index in [1.165, 1.54) is 25.9 Å². The lowest BCUT2D eigenvalue weighted by molar-refractivity contribution is 0.0215. The average Bonchev–Trinajstić information content (AvgIpc) is 3.01. The number of hydrogen-bond acceptors (Lipinski definition) is 2. The molecule has 0 spiro atoms. The van der Waals surface area contributed by atoms with Crippen molar-refractivity contribution < 1.29 is 4.79 Å². The monoisotopic (exact) mass is 357 g/mol. The van der Waals surface area contributed by atoms with Crippen molar-refractivity contribution in [1.82, 2.24) is 14.8 Å².